The van der Waals surface area contributed by atoms with Crippen molar-refractivity contribution in [2.75, 3.05) is 0 Å². The van der Waals surface area contributed by atoms with Crippen LogP contribution in [0.5, 0.6) is 0 Å². The Bertz CT molecular complexity index is 3020. The first kappa shape index (κ1) is 26.6. The number of benzene rings is 7. The normalized spacial score (nSPS) is 15.4. The van der Waals surface area contributed by atoms with E-state index in [0.717, 1.165) is 6.42 Å². The summed E-state index contributed by atoms with van der Waals surface area (Å²) in [5.74, 6) is 0.329. The quantitative estimate of drug-likeness (QED) is 0.170. The van der Waals surface area contributed by atoms with Crippen LogP contribution in [-0.4, -0.2) is 9.13 Å². The van der Waals surface area contributed by atoms with Gasteiger partial charge in [0.15, 0.2) is 0 Å². The molecule has 0 spiro atoms. The minimum absolute atomic E-state index is 0.329. The van der Waals surface area contributed by atoms with Crippen LogP contribution in [0.3, 0.4) is 0 Å². The molecule has 3 aliphatic rings. The van der Waals surface area contributed by atoms with Gasteiger partial charge in [-0.05, 0) is 76.2 Å². The van der Waals surface area contributed by atoms with E-state index in [2.05, 4.69) is 173 Å². The van der Waals surface area contributed by atoms with Gasteiger partial charge in [0, 0.05) is 49.9 Å². The topological polar surface area (TPSA) is 9.86 Å². The lowest BCUT2D eigenvalue weighted by molar-refractivity contribution is 0.837. The van der Waals surface area contributed by atoms with E-state index < -0.39 is 0 Å². The number of fused-ring (bicyclic) bond motifs is 16. The lowest BCUT2D eigenvalue weighted by Gasteiger charge is -2.23. The molecule has 9 aromatic rings. The number of rotatable bonds is 1. The van der Waals surface area contributed by atoms with Gasteiger partial charge in [-0.15, -0.1) is 0 Å². The highest BCUT2D eigenvalue weighted by Gasteiger charge is 2.30. The molecule has 1 unspecified atom stereocenters. The molecule has 2 heteroatoms. The summed E-state index contributed by atoms with van der Waals surface area (Å²) in [6.45, 7) is 0. The highest BCUT2D eigenvalue weighted by Crippen LogP contribution is 2.50. The van der Waals surface area contributed by atoms with Crippen molar-refractivity contribution in [2.45, 2.75) is 12.3 Å². The van der Waals surface area contributed by atoms with Crippen molar-refractivity contribution in [3.8, 4) is 50.2 Å². The third kappa shape index (κ3) is 3.33. The number of hydrogen-bond acceptors (Lipinski definition) is 0. The summed E-state index contributed by atoms with van der Waals surface area (Å²) in [7, 11) is 0. The third-order valence-electron chi connectivity index (χ3n) is 11.6. The highest BCUT2D eigenvalue weighted by atomic mass is 15.0. The minimum Gasteiger partial charge on any atom is -0.312 e. The lowest BCUT2D eigenvalue weighted by atomic mass is 9.85. The monoisotopic (exact) mass is 634 g/mol. The van der Waals surface area contributed by atoms with Gasteiger partial charge in [0.1, 0.15) is 0 Å². The van der Waals surface area contributed by atoms with Crippen molar-refractivity contribution in [1.82, 2.24) is 9.13 Å². The minimum atomic E-state index is 0.329. The van der Waals surface area contributed by atoms with Gasteiger partial charge in [0.2, 0.25) is 0 Å². The molecule has 0 amide bonds. The molecule has 50 heavy (non-hydrogen) atoms. The molecule has 0 fully saturated rings. The zero-order valence-corrected chi connectivity index (χ0v) is 27.3. The van der Waals surface area contributed by atoms with Crippen molar-refractivity contribution in [2.24, 2.45) is 0 Å². The maximum atomic E-state index is 2.56. The van der Waals surface area contributed by atoms with Crippen LogP contribution in [0.1, 0.15) is 17.9 Å². The van der Waals surface area contributed by atoms with Gasteiger partial charge in [-0.3, -0.25) is 0 Å². The number of para-hydroxylation sites is 3. The number of hydrogen-bond donors (Lipinski definition) is 0. The molecular weight excluding hydrogens is 605 g/mol. The van der Waals surface area contributed by atoms with Gasteiger partial charge < -0.3 is 9.13 Å². The summed E-state index contributed by atoms with van der Waals surface area (Å²) >= 11 is 0. The van der Waals surface area contributed by atoms with Gasteiger partial charge in [0.25, 0.3) is 0 Å². The molecule has 0 saturated heterocycles. The van der Waals surface area contributed by atoms with Crippen LogP contribution in [0.15, 0.2) is 164 Å². The molecule has 1 aliphatic carbocycles. The molecule has 1 atom stereocenters. The van der Waals surface area contributed by atoms with Crippen molar-refractivity contribution < 1.29 is 0 Å². The van der Waals surface area contributed by atoms with E-state index in [1.165, 1.54) is 105 Å². The zero-order chi connectivity index (χ0) is 32.5. The van der Waals surface area contributed by atoms with E-state index in [9.17, 15) is 0 Å². The van der Waals surface area contributed by atoms with E-state index in [1.54, 1.807) is 0 Å². The Labute approximate surface area is 289 Å². The number of nitrogens with zero attached hydrogens (tertiary/aromatic N) is 2. The van der Waals surface area contributed by atoms with Crippen molar-refractivity contribution in [3.63, 3.8) is 0 Å². The molecule has 2 nitrogen and oxygen atoms in total. The van der Waals surface area contributed by atoms with E-state index in [-0.39, 0.29) is 0 Å². The maximum absolute atomic E-state index is 2.56. The predicted octanol–water partition coefficient (Wildman–Crippen LogP) is 12.8. The third-order valence-corrected chi connectivity index (χ3v) is 11.6. The number of allylic oxidation sites excluding steroid dienone is 4. The largest absolute Gasteiger partial charge is 0.312 e. The summed E-state index contributed by atoms with van der Waals surface area (Å²) in [6, 6.07) is 54.6. The van der Waals surface area contributed by atoms with Crippen molar-refractivity contribution in [1.29, 1.82) is 0 Å². The molecule has 4 heterocycles. The second-order valence-electron chi connectivity index (χ2n) is 14.0. The van der Waals surface area contributed by atoms with Gasteiger partial charge in [-0.2, -0.15) is 0 Å². The number of aromatic nitrogens is 2. The molecule has 2 aliphatic heterocycles. The predicted molar refractivity (Wildman–Crippen MR) is 210 cm³/mol. The molecule has 0 N–H and O–H groups in total. The van der Waals surface area contributed by atoms with E-state index in [4.69, 9.17) is 0 Å². The van der Waals surface area contributed by atoms with Gasteiger partial charge >= 0.3 is 0 Å². The molecule has 2 aromatic heterocycles. The first-order valence-corrected chi connectivity index (χ1v) is 17.6. The lowest BCUT2D eigenvalue weighted by Crippen LogP contribution is -2.08. The molecule has 0 saturated carbocycles. The standard InChI is InChI=1S/C48H30N2/c1-3-13-33-31(11-1)35-15-5-7-21-43(35)49-45-25-23-29(27-41(45)39-19-9-17-37(33)47(39)49)30-24-26-46-42(28-30)40-20-10-18-38-34-14-4-2-12-32(34)36-16-6-8-22-44(36)50(46)48(38)40/h1-15,17-28,36H,16H2. The van der Waals surface area contributed by atoms with Gasteiger partial charge in [0.05, 0.1) is 27.8 Å². The molecule has 0 bridgehead atoms. The molecular formula is C48H30N2. The van der Waals surface area contributed by atoms with Crippen molar-refractivity contribution >= 4 is 49.3 Å². The van der Waals surface area contributed by atoms with E-state index in [0.29, 0.717) is 5.92 Å². The average molecular weight is 635 g/mol. The fraction of sp³-hybridized carbons (Fsp3) is 0.0417. The van der Waals surface area contributed by atoms with E-state index >= 15 is 0 Å². The van der Waals surface area contributed by atoms with Crippen molar-refractivity contribution in [3.05, 3.63) is 169 Å². The summed E-state index contributed by atoms with van der Waals surface area (Å²) in [5, 5.41) is 5.19. The first-order valence-electron chi connectivity index (χ1n) is 17.6. The Kier molecular flexibility index (Phi) is 5.11. The summed E-state index contributed by atoms with van der Waals surface area (Å²) < 4.78 is 5.06. The second kappa shape index (κ2) is 9.62. The smallest absolute Gasteiger partial charge is 0.0619 e. The SMILES string of the molecule is C1=CCC2C(=C1)n1c3ccc(-c4ccc5c(c4)c4cccc6c4n5-c4ccccc4-c4ccccc4-6)cc3c3cccc(c31)-c1ccccc12. The maximum Gasteiger partial charge on any atom is 0.0619 e. The second-order valence-corrected chi connectivity index (χ2v) is 14.0. The Morgan fingerprint density at radius 1 is 0.440 bits per heavy atom. The molecule has 0 radical (unpaired) electrons. The summed E-state index contributed by atoms with van der Waals surface area (Å²) in [5.41, 5.74) is 19.4. The highest BCUT2D eigenvalue weighted by molar-refractivity contribution is 6.19. The van der Waals surface area contributed by atoms with Crippen LogP contribution in [0.4, 0.5) is 0 Å². The summed E-state index contributed by atoms with van der Waals surface area (Å²) in [6.07, 6.45) is 7.91. The fourth-order valence-electron chi connectivity index (χ4n) is 9.48. The Morgan fingerprint density at radius 3 is 1.74 bits per heavy atom. The molecule has 12 rings (SSSR count). The summed E-state index contributed by atoms with van der Waals surface area (Å²) in [4.78, 5) is 0. The Morgan fingerprint density at radius 2 is 1.00 bits per heavy atom. The van der Waals surface area contributed by atoms with Crippen LogP contribution in [-0.2, 0) is 0 Å². The van der Waals surface area contributed by atoms with Crippen LogP contribution in [0, 0.1) is 0 Å². The van der Waals surface area contributed by atoms with E-state index in [1.807, 2.05) is 0 Å². The Balaban J connectivity index is 1.12. The molecule has 7 aromatic carbocycles. The van der Waals surface area contributed by atoms with Crippen LogP contribution >= 0.6 is 0 Å². The van der Waals surface area contributed by atoms with Gasteiger partial charge in [-0.25, -0.2) is 0 Å². The first-order chi connectivity index (χ1) is 24.8. The van der Waals surface area contributed by atoms with Gasteiger partial charge in [-0.1, -0.05) is 127 Å². The van der Waals surface area contributed by atoms with Crippen LogP contribution < -0.4 is 0 Å². The van der Waals surface area contributed by atoms with Crippen LogP contribution in [0.25, 0.3) is 99.5 Å². The van der Waals surface area contributed by atoms with Crippen LogP contribution in [0.2, 0.25) is 0 Å². The Hall–Kier alpha value is -6.38. The zero-order valence-electron chi connectivity index (χ0n) is 27.3. The molecule has 232 valence electrons. The average Bonchev–Trinajstić information content (AvgIpc) is 3.61. The fourth-order valence-corrected chi connectivity index (χ4v) is 9.48.